The maximum atomic E-state index is 14.7. The van der Waals surface area contributed by atoms with Crippen LogP contribution in [0.1, 0.15) is 5.56 Å². The van der Waals surface area contributed by atoms with Crippen LogP contribution in [0.5, 0.6) is 0 Å². The van der Waals surface area contributed by atoms with Crippen LogP contribution >= 0.6 is 0 Å². The van der Waals surface area contributed by atoms with Crippen LogP contribution in [0, 0.1) is 5.82 Å². The lowest BCUT2D eigenvalue weighted by molar-refractivity contribution is -0.138. The fourth-order valence-corrected chi connectivity index (χ4v) is 2.94. The summed E-state index contributed by atoms with van der Waals surface area (Å²) in [5, 5.41) is 18.0. The third-order valence-electron chi connectivity index (χ3n) is 4.35. The van der Waals surface area contributed by atoms with Gasteiger partial charge in [0.1, 0.15) is 18.0 Å². The Hall–Kier alpha value is -2.97. The maximum Gasteiger partial charge on any atom is 0.414 e. The van der Waals surface area contributed by atoms with E-state index in [0.29, 0.717) is 22.4 Å². The number of rotatable bonds is 6. The summed E-state index contributed by atoms with van der Waals surface area (Å²) in [6.07, 6.45) is -1.13. The van der Waals surface area contributed by atoms with Gasteiger partial charge in [-0.2, -0.15) is 0 Å². The Labute approximate surface area is 154 Å². The lowest BCUT2D eigenvalue weighted by atomic mass is 9.99. The summed E-state index contributed by atoms with van der Waals surface area (Å²) >= 11 is 0. The number of aliphatic carboxylic acids is 1. The largest absolute Gasteiger partial charge is 0.480 e. The van der Waals surface area contributed by atoms with Crippen LogP contribution in [-0.4, -0.2) is 47.6 Å². The number of carbonyl (C=O) groups is 2. The topological polar surface area (TPSA) is 113 Å². The molecule has 27 heavy (non-hydrogen) atoms. The normalized spacial score (nSPS) is 17.7. The van der Waals surface area contributed by atoms with Crippen LogP contribution in [0.2, 0.25) is 0 Å². The number of carbonyl (C=O) groups excluding carboxylic acids is 1. The smallest absolute Gasteiger partial charge is 0.414 e. The molecule has 0 bridgehead atoms. The Balaban J connectivity index is 1.84. The quantitative estimate of drug-likeness (QED) is 0.710. The molecular weight excluding hydrogens is 355 g/mol. The molecule has 1 aliphatic heterocycles. The molecule has 2 aromatic carbocycles. The lowest BCUT2D eigenvalue weighted by Crippen LogP contribution is -2.32. The third kappa shape index (κ3) is 4.07. The summed E-state index contributed by atoms with van der Waals surface area (Å²) in [5.41, 5.74) is 7.46. The van der Waals surface area contributed by atoms with Crippen molar-refractivity contribution in [2.75, 3.05) is 18.1 Å². The Morgan fingerprint density at radius 2 is 2.11 bits per heavy atom. The molecule has 0 saturated carbocycles. The maximum absolute atomic E-state index is 14.7. The number of amides is 1. The molecule has 0 aromatic heterocycles. The van der Waals surface area contributed by atoms with E-state index < -0.39 is 30.0 Å². The first-order valence-corrected chi connectivity index (χ1v) is 8.35. The predicted octanol–water partition coefficient (Wildman–Crippen LogP) is 1.76. The highest BCUT2D eigenvalue weighted by molar-refractivity contribution is 5.90. The van der Waals surface area contributed by atoms with Gasteiger partial charge in [-0.1, -0.05) is 24.3 Å². The molecule has 0 radical (unpaired) electrons. The molecule has 2 atom stereocenters. The highest BCUT2D eigenvalue weighted by atomic mass is 19.1. The van der Waals surface area contributed by atoms with Crippen molar-refractivity contribution >= 4 is 17.7 Å². The Kier molecular flexibility index (Phi) is 5.38. The zero-order chi connectivity index (χ0) is 19.6. The average Bonchev–Trinajstić information content (AvgIpc) is 3.02. The standard InChI is InChI=1S/C19H19FN2O5/c20-16-8-13(22-9-14(10-23)27-19(22)26)4-5-15(16)12-3-1-2-11(6-12)7-17(21)18(24)25/h1-6,8,14,17,23H,7,9-10,21H2,(H,24,25)/t14-,17+/m1/s1. The minimum absolute atomic E-state index is 0.130. The molecule has 8 heteroatoms. The van der Waals surface area contributed by atoms with Crippen LogP contribution in [0.4, 0.5) is 14.9 Å². The van der Waals surface area contributed by atoms with Gasteiger partial charge in [-0.05, 0) is 35.7 Å². The summed E-state index contributed by atoms with van der Waals surface area (Å²) in [7, 11) is 0. The zero-order valence-corrected chi connectivity index (χ0v) is 14.3. The zero-order valence-electron chi connectivity index (χ0n) is 14.3. The summed E-state index contributed by atoms with van der Waals surface area (Å²) in [6.45, 7) is -0.148. The number of cyclic esters (lactones) is 1. The van der Waals surface area contributed by atoms with Gasteiger partial charge in [0.2, 0.25) is 0 Å². The van der Waals surface area contributed by atoms with Crippen molar-refractivity contribution in [2.24, 2.45) is 5.73 Å². The van der Waals surface area contributed by atoms with Gasteiger partial charge in [0.05, 0.1) is 18.8 Å². The fraction of sp³-hybridized carbons (Fsp3) is 0.263. The van der Waals surface area contributed by atoms with Crippen LogP contribution in [-0.2, 0) is 16.0 Å². The van der Waals surface area contributed by atoms with Crippen LogP contribution in [0.15, 0.2) is 42.5 Å². The Bertz CT molecular complexity index is 873. The number of nitrogens with zero attached hydrogens (tertiary/aromatic N) is 1. The van der Waals surface area contributed by atoms with Crippen molar-refractivity contribution in [2.45, 2.75) is 18.6 Å². The number of hydrogen-bond acceptors (Lipinski definition) is 5. The third-order valence-corrected chi connectivity index (χ3v) is 4.35. The first-order valence-electron chi connectivity index (χ1n) is 8.35. The molecule has 1 heterocycles. The number of hydrogen-bond donors (Lipinski definition) is 3. The van der Waals surface area contributed by atoms with Crippen molar-refractivity contribution in [3.05, 3.63) is 53.8 Å². The molecular formula is C19H19FN2O5. The molecule has 1 fully saturated rings. The Morgan fingerprint density at radius 1 is 1.33 bits per heavy atom. The molecule has 142 valence electrons. The molecule has 1 amide bonds. The van der Waals surface area contributed by atoms with Crippen molar-refractivity contribution < 1.29 is 28.9 Å². The predicted molar refractivity (Wildman–Crippen MR) is 95.9 cm³/mol. The van der Waals surface area contributed by atoms with Crippen molar-refractivity contribution in [1.82, 2.24) is 0 Å². The fourth-order valence-electron chi connectivity index (χ4n) is 2.94. The number of benzene rings is 2. The van der Waals surface area contributed by atoms with Crippen LogP contribution in [0.3, 0.4) is 0 Å². The van der Waals surface area contributed by atoms with Gasteiger partial charge in [0.25, 0.3) is 0 Å². The first-order chi connectivity index (χ1) is 12.9. The highest BCUT2D eigenvalue weighted by Gasteiger charge is 2.32. The second kappa shape index (κ2) is 7.73. The monoisotopic (exact) mass is 374 g/mol. The molecule has 4 N–H and O–H groups in total. The van der Waals surface area contributed by atoms with E-state index in [1.807, 2.05) is 0 Å². The van der Waals surface area contributed by atoms with Crippen molar-refractivity contribution in [3.63, 3.8) is 0 Å². The molecule has 3 rings (SSSR count). The minimum Gasteiger partial charge on any atom is -0.480 e. The minimum atomic E-state index is -1.10. The summed E-state index contributed by atoms with van der Waals surface area (Å²) in [6, 6.07) is 10.2. The molecule has 2 aromatic rings. The van der Waals surface area contributed by atoms with Crippen molar-refractivity contribution in [3.8, 4) is 11.1 Å². The first kappa shape index (κ1) is 18.8. The summed E-state index contributed by atoms with van der Waals surface area (Å²) in [4.78, 5) is 24.0. The van der Waals surface area contributed by atoms with Gasteiger partial charge in [0, 0.05) is 5.56 Å². The van der Waals surface area contributed by atoms with E-state index in [1.54, 1.807) is 36.4 Å². The van der Waals surface area contributed by atoms with E-state index in [4.69, 9.17) is 20.7 Å². The number of aliphatic hydroxyl groups is 1. The van der Waals surface area contributed by atoms with E-state index in [9.17, 15) is 14.0 Å². The number of nitrogens with two attached hydrogens (primary N) is 1. The lowest BCUT2D eigenvalue weighted by Gasteiger charge is -2.15. The molecule has 1 aliphatic rings. The van der Waals surface area contributed by atoms with E-state index >= 15 is 0 Å². The van der Waals surface area contributed by atoms with Crippen LogP contribution in [0.25, 0.3) is 11.1 Å². The molecule has 0 aliphatic carbocycles. The number of carboxylic acid groups (broad SMARTS) is 1. The van der Waals surface area contributed by atoms with Gasteiger partial charge in [-0.25, -0.2) is 9.18 Å². The summed E-state index contributed by atoms with van der Waals surface area (Å²) < 4.78 is 19.6. The second-order valence-electron chi connectivity index (χ2n) is 6.31. The number of carboxylic acids is 1. The van der Waals surface area contributed by atoms with E-state index in [-0.39, 0.29) is 19.6 Å². The second-order valence-corrected chi connectivity index (χ2v) is 6.31. The molecule has 0 unspecified atom stereocenters. The number of anilines is 1. The van der Waals surface area contributed by atoms with E-state index in [2.05, 4.69) is 0 Å². The highest BCUT2D eigenvalue weighted by Crippen LogP contribution is 2.29. The molecule has 7 nitrogen and oxygen atoms in total. The van der Waals surface area contributed by atoms with Gasteiger partial charge in [-0.3, -0.25) is 9.69 Å². The van der Waals surface area contributed by atoms with E-state index in [0.717, 1.165) is 0 Å². The van der Waals surface area contributed by atoms with Gasteiger partial charge < -0.3 is 20.7 Å². The number of ether oxygens (including phenoxy) is 1. The summed E-state index contributed by atoms with van der Waals surface area (Å²) in [5.74, 6) is -1.64. The Morgan fingerprint density at radius 3 is 2.74 bits per heavy atom. The van der Waals surface area contributed by atoms with Crippen LogP contribution < -0.4 is 10.6 Å². The molecule has 1 saturated heterocycles. The number of aliphatic hydroxyl groups excluding tert-OH is 1. The van der Waals surface area contributed by atoms with Gasteiger partial charge >= 0.3 is 12.1 Å². The van der Waals surface area contributed by atoms with Gasteiger partial charge in [-0.15, -0.1) is 0 Å². The van der Waals surface area contributed by atoms with E-state index in [1.165, 1.54) is 11.0 Å². The van der Waals surface area contributed by atoms with Gasteiger partial charge in [0.15, 0.2) is 0 Å². The number of halogens is 1. The van der Waals surface area contributed by atoms with Crippen molar-refractivity contribution in [1.29, 1.82) is 0 Å². The average molecular weight is 374 g/mol. The SMILES string of the molecule is N[C@@H](Cc1cccc(-c2ccc(N3C[C@H](CO)OC3=O)cc2F)c1)C(=O)O. The molecule has 0 spiro atoms.